The molecular weight excluding hydrogens is 540 g/mol. The molecule has 1 aromatic heterocycles. The van der Waals surface area contributed by atoms with Gasteiger partial charge in [-0.05, 0) is 42.4 Å². The van der Waals surface area contributed by atoms with Crippen molar-refractivity contribution < 1.29 is 23.5 Å². The largest absolute Gasteiger partial charge is 0.387 e. The molecule has 4 rings (SSSR count). The molecule has 2 atom stereocenters. The van der Waals surface area contributed by atoms with Gasteiger partial charge in [0.2, 0.25) is 11.8 Å². The third kappa shape index (κ3) is 7.60. The molecule has 0 unspecified atom stereocenters. The topological polar surface area (TPSA) is 113 Å². The normalized spacial score (nSPS) is 15.4. The van der Waals surface area contributed by atoms with Crippen molar-refractivity contribution >= 4 is 11.8 Å². The number of nitrogens with two attached hydrogens (primary N) is 1. The maximum atomic E-state index is 14.9. The highest BCUT2D eigenvalue weighted by Gasteiger charge is 2.38. The molecule has 4 N–H and O–H groups in total. The summed E-state index contributed by atoms with van der Waals surface area (Å²) in [7, 11) is 0. The third-order valence-corrected chi connectivity index (χ3v) is 7.78. The molecule has 2 aromatic carbocycles. The van der Waals surface area contributed by atoms with Gasteiger partial charge in [0.15, 0.2) is 0 Å². The van der Waals surface area contributed by atoms with Gasteiger partial charge < -0.3 is 21.1 Å². The van der Waals surface area contributed by atoms with Gasteiger partial charge in [-0.3, -0.25) is 9.59 Å². The van der Waals surface area contributed by atoms with E-state index in [2.05, 4.69) is 5.32 Å². The van der Waals surface area contributed by atoms with Crippen molar-refractivity contribution in [2.24, 2.45) is 11.1 Å². The molecule has 1 fully saturated rings. The van der Waals surface area contributed by atoms with E-state index in [1.54, 1.807) is 6.20 Å². The maximum absolute atomic E-state index is 14.9. The average Bonchev–Trinajstić information content (AvgIpc) is 3.61. The van der Waals surface area contributed by atoms with E-state index in [9.17, 15) is 23.5 Å². The zero-order valence-corrected chi connectivity index (χ0v) is 24.5. The fraction of sp³-hybridized carbons (Fsp3) is 0.469. The molecule has 10 heteroatoms. The molecule has 3 aromatic rings. The zero-order chi connectivity index (χ0) is 30.4. The van der Waals surface area contributed by atoms with Crippen molar-refractivity contribution in [1.29, 1.82) is 0 Å². The minimum absolute atomic E-state index is 0.0612. The number of carbonyl (C=O) groups is 2. The first-order valence-electron chi connectivity index (χ1n) is 14.5. The molecule has 8 nitrogen and oxygen atoms in total. The first-order valence-corrected chi connectivity index (χ1v) is 14.5. The predicted octanol–water partition coefficient (Wildman–Crippen LogP) is 4.43. The number of rotatable bonds is 11. The first kappa shape index (κ1) is 31.3. The Balaban J connectivity index is 1.72. The molecule has 1 aliphatic carbocycles. The highest BCUT2D eigenvalue weighted by atomic mass is 19.1. The summed E-state index contributed by atoms with van der Waals surface area (Å²) in [6.07, 6.45) is 6.25. The fourth-order valence-electron chi connectivity index (χ4n) is 5.69. The fourth-order valence-corrected chi connectivity index (χ4v) is 5.69. The van der Waals surface area contributed by atoms with E-state index >= 15 is 0 Å². The summed E-state index contributed by atoms with van der Waals surface area (Å²) >= 11 is 0. The molecule has 0 bridgehead atoms. The van der Waals surface area contributed by atoms with E-state index in [0.717, 1.165) is 49.4 Å². The van der Waals surface area contributed by atoms with Crippen LogP contribution in [-0.4, -0.2) is 56.8 Å². The van der Waals surface area contributed by atoms with Gasteiger partial charge in [-0.25, -0.2) is 13.5 Å². The Morgan fingerprint density at radius 2 is 1.83 bits per heavy atom. The second-order valence-electron chi connectivity index (χ2n) is 12.1. The van der Waals surface area contributed by atoms with Crippen LogP contribution < -0.4 is 11.1 Å². The van der Waals surface area contributed by atoms with Gasteiger partial charge in [0.1, 0.15) is 23.9 Å². The van der Waals surface area contributed by atoms with E-state index in [4.69, 9.17) is 10.8 Å². The summed E-state index contributed by atoms with van der Waals surface area (Å²) < 4.78 is 30.3. The Morgan fingerprint density at radius 3 is 2.48 bits per heavy atom. The molecule has 1 heterocycles. The van der Waals surface area contributed by atoms with Crippen LogP contribution in [0.5, 0.6) is 0 Å². The Morgan fingerprint density at radius 1 is 1.14 bits per heavy atom. The van der Waals surface area contributed by atoms with Crippen molar-refractivity contribution in [3.05, 3.63) is 83.2 Å². The highest BCUT2D eigenvalue weighted by molar-refractivity contribution is 5.82. The van der Waals surface area contributed by atoms with Gasteiger partial charge in [-0.15, -0.1) is 0 Å². The molecule has 0 aliphatic heterocycles. The lowest BCUT2D eigenvalue weighted by Crippen LogP contribution is -2.48. The summed E-state index contributed by atoms with van der Waals surface area (Å²) in [6.45, 7) is 5.16. The van der Waals surface area contributed by atoms with Crippen LogP contribution in [0.1, 0.15) is 75.7 Å². The van der Waals surface area contributed by atoms with Crippen molar-refractivity contribution in [1.82, 2.24) is 20.0 Å². The number of aliphatic hydroxyl groups excluding tert-OH is 1. The van der Waals surface area contributed by atoms with Crippen molar-refractivity contribution in [3.63, 3.8) is 0 Å². The van der Waals surface area contributed by atoms with Gasteiger partial charge >= 0.3 is 0 Å². The van der Waals surface area contributed by atoms with Crippen LogP contribution in [0, 0.1) is 17.0 Å². The minimum atomic E-state index is -0.844. The third-order valence-electron chi connectivity index (χ3n) is 7.78. The summed E-state index contributed by atoms with van der Waals surface area (Å²) in [6, 6.07) is 11.4. The second kappa shape index (κ2) is 13.6. The summed E-state index contributed by atoms with van der Waals surface area (Å²) in [5.41, 5.74) is 7.77. The van der Waals surface area contributed by atoms with Crippen LogP contribution in [0.25, 0.3) is 5.69 Å². The Bertz CT molecular complexity index is 1370. The molecule has 0 saturated heterocycles. The summed E-state index contributed by atoms with van der Waals surface area (Å²) in [4.78, 5) is 27.6. The van der Waals surface area contributed by atoms with Crippen molar-refractivity contribution in [3.8, 4) is 5.69 Å². The van der Waals surface area contributed by atoms with E-state index in [-0.39, 0.29) is 30.6 Å². The number of benzene rings is 2. The van der Waals surface area contributed by atoms with Gasteiger partial charge in [-0.2, -0.15) is 5.10 Å². The number of hydrogen-bond acceptors (Lipinski definition) is 5. The number of hydrogen-bond donors (Lipinski definition) is 3. The smallest absolute Gasteiger partial charge is 0.248 e. The lowest BCUT2D eigenvalue weighted by atomic mass is 9.81. The Hall–Kier alpha value is -3.63. The molecule has 0 radical (unpaired) electrons. The number of aliphatic hydroxyl groups is 1. The lowest BCUT2D eigenvalue weighted by Gasteiger charge is -2.40. The second-order valence-corrected chi connectivity index (χ2v) is 12.1. The molecule has 1 aliphatic rings. The van der Waals surface area contributed by atoms with Crippen LogP contribution >= 0.6 is 0 Å². The number of nitrogens with zero attached hydrogens (tertiary/aromatic N) is 3. The van der Waals surface area contributed by atoms with Crippen molar-refractivity contribution in [2.75, 3.05) is 13.2 Å². The Kier molecular flexibility index (Phi) is 10.1. The molecule has 226 valence electrons. The summed E-state index contributed by atoms with van der Waals surface area (Å²) in [5.74, 6) is -2.06. The standard InChI is InChI=1S/C32H41F2N5O3/c1-32(2,3)30(38(28(41)20-40)16-15-26(35)31(42)36-24-11-7-8-12-24)29-22(17-21-9-5-4-6-10-21)19-39(37-29)27-18-23(33)13-14-25(27)34/h4-6,9-10,13-14,18-19,24,26,30,40H,7-8,11-12,15-17,20,35H2,1-3H3,(H,36,42)/t26-,30-/m0/s1. The van der Waals surface area contributed by atoms with Crippen LogP contribution in [0.3, 0.4) is 0 Å². The van der Waals surface area contributed by atoms with Crippen LogP contribution in [0.4, 0.5) is 8.78 Å². The maximum Gasteiger partial charge on any atom is 0.248 e. The van der Waals surface area contributed by atoms with Crippen molar-refractivity contribution in [2.45, 2.75) is 77.4 Å². The monoisotopic (exact) mass is 581 g/mol. The zero-order valence-electron chi connectivity index (χ0n) is 24.5. The van der Waals surface area contributed by atoms with Crippen LogP contribution in [-0.2, 0) is 16.0 Å². The van der Waals surface area contributed by atoms with E-state index < -0.39 is 41.6 Å². The number of aromatic nitrogens is 2. The average molecular weight is 582 g/mol. The number of nitrogens with one attached hydrogen (secondary N) is 1. The van der Waals surface area contributed by atoms with Gasteiger partial charge in [0, 0.05) is 36.8 Å². The number of carbonyl (C=O) groups excluding carboxylic acids is 2. The SMILES string of the molecule is CC(C)(C)[C@H](c1nn(-c2cc(F)ccc2F)cc1Cc1ccccc1)N(CC[C@H](N)C(=O)NC1CCCC1)C(=O)CO. The Labute approximate surface area is 245 Å². The molecule has 0 spiro atoms. The van der Waals surface area contributed by atoms with E-state index in [1.807, 2.05) is 51.1 Å². The molecule has 42 heavy (non-hydrogen) atoms. The first-order chi connectivity index (χ1) is 20.0. The molecule has 1 saturated carbocycles. The molecular formula is C32H41F2N5O3. The van der Waals surface area contributed by atoms with Crippen LogP contribution in [0.2, 0.25) is 0 Å². The van der Waals surface area contributed by atoms with Gasteiger partial charge in [-0.1, -0.05) is 63.9 Å². The number of amides is 2. The summed E-state index contributed by atoms with van der Waals surface area (Å²) in [5, 5.41) is 17.7. The minimum Gasteiger partial charge on any atom is -0.387 e. The predicted molar refractivity (Wildman–Crippen MR) is 157 cm³/mol. The van der Waals surface area contributed by atoms with E-state index in [0.29, 0.717) is 17.7 Å². The quantitative estimate of drug-likeness (QED) is 0.310. The van der Waals surface area contributed by atoms with Gasteiger partial charge in [0.25, 0.3) is 0 Å². The van der Waals surface area contributed by atoms with Crippen LogP contribution in [0.15, 0.2) is 54.7 Å². The van der Waals surface area contributed by atoms with E-state index in [1.165, 1.54) is 9.58 Å². The lowest BCUT2D eigenvalue weighted by molar-refractivity contribution is -0.140. The highest BCUT2D eigenvalue weighted by Crippen LogP contribution is 2.40. The molecule has 2 amide bonds. The number of halogens is 2. The van der Waals surface area contributed by atoms with Gasteiger partial charge in [0.05, 0.1) is 17.8 Å².